The van der Waals surface area contributed by atoms with Gasteiger partial charge in [-0.3, -0.25) is 13.9 Å². The second kappa shape index (κ2) is 17.6. The molecule has 0 saturated carbocycles. The van der Waals surface area contributed by atoms with Crippen molar-refractivity contribution >= 4 is 55.2 Å². The van der Waals surface area contributed by atoms with Gasteiger partial charge in [0, 0.05) is 28.4 Å². The number of hydrogen-bond donors (Lipinski definition) is 1. The van der Waals surface area contributed by atoms with Gasteiger partial charge >= 0.3 is 0 Å². The fourth-order valence-corrected chi connectivity index (χ4v) is 7.38. The predicted octanol–water partition coefficient (Wildman–Crippen LogP) is 7.32. The summed E-state index contributed by atoms with van der Waals surface area (Å²) in [6.45, 7) is 5.77. The molecule has 0 saturated heterocycles. The van der Waals surface area contributed by atoms with Gasteiger partial charge in [0.15, 0.2) is 0 Å². The maximum atomic E-state index is 14.7. The largest absolute Gasteiger partial charge is 0.494 e. The van der Waals surface area contributed by atoms with Crippen LogP contribution in [-0.2, 0) is 32.6 Å². The van der Waals surface area contributed by atoms with Crippen LogP contribution in [0.3, 0.4) is 0 Å². The molecule has 0 fully saturated rings. The lowest BCUT2D eigenvalue weighted by molar-refractivity contribution is -0.140. The highest BCUT2D eigenvalue weighted by molar-refractivity contribution is 9.10. The third-order valence-corrected chi connectivity index (χ3v) is 10.9. The molecule has 0 aliphatic rings. The quantitative estimate of drug-likeness (QED) is 0.121. The van der Waals surface area contributed by atoms with E-state index in [2.05, 4.69) is 21.2 Å². The number of halogens is 1. The number of amides is 2. The molecule has 254 valence electrons. The molecule has 0 aliphatic carbocycles. The number of sulfonamides is 1. The summed E-state index contributed by atoms with van der Waals surface area (Å²) < 4.78 is 36.2. The van der Waals surface area contributed by atoms with Crippen molar-refractivity contribution in [3.05, 3.63) is 119 Å². The second-order valence-corrected chi connectivity index (χ2v) is 14.9. The number of anilines is 1. The number of carbonyl (C=O) groups is 2. The molecule has 4 aromatic rings. The summed E-state index contributed by atoms with van der Waals surface area (Å²) in [7, 11) is -4.21. The Morgan fingerprint density at radius 1 is 0.896 bits per heavy atom. The molecule has 11 heteroatoms. The highest BCUT2D eigenvalue weighted by Gasteiger charge is 2.35. The molecule has 2 unspecified atom stereocenters. The summed E-state index contributed by atoms with van der Waals surface area (Å²) in [5.74, 6) is -0.247. The van der Waals surface area contributed by atoms with Crippen molar-refractivity contribution in [3.8, 4) is 5.75 Å². The normalized spacial score (nSPS) is 12.5. The van der Waals surface area contributed by atoms with Gasteiger partial charge in [0.25, 0.3) is 10.0 Å². The number of nitrogens with one attached hydrogen (secondary N) is 1. The number of rotatable bonds is 16. The number of ether oxygens (including phenoxy) is 1. The smallest absolute Gasteiger partial charge is 0.264 e. The zero-order valence-corrected chi connectivity index (χ0v) is 30.9. The molecule has 0 aliphatic heterocycles. The molecule has 0 bridgehead atoms. The van der Waals surface area contributed by atoms with E-state index < -0.39 is 28.5 Å². The number of benzene rings is 4. The molecule has 8 nitrogen and oxygen atoms in total. The van der Waals surface area contributed by atoms with E-state index in [0.29, 0.717) is 24.5 Å². The third kappa shape index (κ3) is 9.87. The first-order chi connectivity index (χ1) is 23.0. The Balaban J connectivity index is 1.81. The topological polar surface area (TPSA) is 96.0 Å². The van der Waals surface area contributed by atoms with Crippen LogP contribution in [0, 0.1) is 0 Å². The Labute approximate surface area is 297 Å². The summed E-state index contributed by atoms with van der Waals surface area (Å²) in [5, 5.41) is 3.06. The average Bonchev–Trinajstić information content (AvgIpc) is 3.09. The number of nitrogens with zero attached hydrogens (tertiary/aromatic N) is 2. The van der Waals surface area contributed by atoms with Crippen LogP contribution in [0.2, 0.25) is 0 Å². The van der Waals surface area contributed by atoms with Gasteiger partial charge < -0.3 is 15.0 Å². The van der Waals surface area contributed by atoms with Crippen LogP contribution in [0.1, 0.15) is 38.3 Å². The maximum absolute atomic E-state index is 14.7. The van der Waals surface area contributed by atoms with E-state index in [4.69, 9.17) is 4.74 Å². The van der Waals surface area contributed by atoms with E-state index in [1.165, 1.54) is 16.7 Å². The third-order valence-electron chi connectivity index (χ3n) is 7.88. The highest BCUT2D eigenvalue weighted by Crippen LogP contribution is 2.28. The van der Waals surface area contributed by atoms with E-state index in [0.717, 1.165) is 24.8 Å². The Bertz CT molecular complexity index is 1750. The summed E-state index contributed by atoms with van der Waals surface area (Å²) in [5.41, 5.74) is 1.96. The van der Waals surface area contributed by atoms with Crippen molar-refractivity contribution in [2.45, 2.75) is 62.0 Å². The van der Waals surface area contributed by atoms with Crippen LogP contribution in [-0.4, -0.2) is 56.6 Å². The Morgan fingerprint density at radius 3 is 2.17 bits per heavy atom. The minimum Gasteiger partial charge on any atom is -0.494 e. The predicted molar refractivity (Wildman–Crippen MR) is 197 cm³/mol. The molecule has 4 aromatic carbocycles. The molecule has 0 aromatic heterocycles. The van der Waals surface area contributed by atoms with Gasteiger partial charge in [-0.05, 0) is 98.3 Å². The minimum absolute atomic E-state index is 0.0517. The van der Waals surface area contributed by atoms with E-state index in [9.17, 15) is 18.0 Å². The zero-order valence-electron chi connectivity index (χ0n) is 27.6. The Morgan fingerprint density at radius 2 is 1.56 bits per heavy atom. The Kier molecular flexibility index (Phi) is 13.5. The van der Waals surface area contributed by atoms with Crippen LogP contribution in [0.5, 0.6) is 5.75 Å². The summed E-state index contributed by atoms with van der Waals surface area (Å²) >= 11 is 5.02. The Hall–Kier alpha value is -3.80. The number of hydrogen-bond acceptors (Lipinski definition) is 6. The fourth-order valence-electron chi connectivity index (χ4n) is 5.11. The van der Waals surface area contributed by atoms with Crippen LogP contribution in [0.25, 0.3) is 0 Å². The first-order valence-corrected chi connectivity index (χ1v) is 19.3. The van der Waals surface area contributed by atoms with Crippen LogP contribution in [0.15, 0.2) is 117 Å². The highest BCUT2D eigenvalue weighted by atomic mass is 79.9. The van der Waals surface area contributed by atoms with Gasteiger partial charge in [0.05, 0.1) is 17.2 Å². The monoisotopic (exact) mass is 751 g/mol. The molecule has 48 heavy (non-hydrogen) atoms. The molecule has 0 heterocycles. The first kappa shape index (κ1) is 37.0. The standard InChI is InChI=1S/C37H42BrN3O5S2/c1-5-27(3)39-37(43)35(24-28-11-8-7-9-12-28)40(25-29-13-10-14-30(38)23-29)36(42)26-41(31-15-17-32(18-16-31)46-6-2)48(44,45)34-21-19-33(47-4)20-22-34/h7-23,27,35H,5-6,24-26H2,1-4H3,(H,39,43). The molecule has 0 radical (unpaired) electrons. The summed E-state index contributed by atoms with van der Waals surface area (Å²) in [6, 6.07) is 29.2. The van der Waals surface area contributed by atoms with Crippen LogP contribution in [0.4, 0.5) is 5.69 Å². The first-order valence-electron chi connectivity index (χ1n) is 15.8. The lowest BCUT2D eigenvalue weighted by Gasteiger charge is -2.34. The van der Waals surface area contributed by atoms with E-state index in [1.54, 1.807) is 48.5 Å². The van der Waals surface area contributed by atoms with Crippen molar-refractivity contribution in [2.75, 3.05) is 23.7 Å². The minimum atomic E-state index is -4.21. The average molecular weight is 753 g/mol. The van der Waals surface area contributed by atoms with E-state index in [1.807, 2.05) is 81.6 Å². The van der Waals surface area contributed by atoms with Crippen molar-refractivity contribution in [1.29, 1.82) is 0 Å². The van der Waals surface area contributed by atoms with Gasteiger partial charge in [0.2, 0.25) is 11.8 Å². The molecule has 2 atom stereocenters. The SMILES string of the molecule is CCOc1ccc(N(CC(=O)N(Cc2cccc(Br)c2)C(Cc2ccccc2)C(=O)NC(C)CC)S(=O)(=O)c2ccc(SC)cc2)cc1. The fraction of sp³-hybridized carbons (Fsp3) is 0.297. The maximum Gasteiger partial charge on any atom is 0.264 e. The van der Waals surface area contributed by atoms with Gasteiger partial charge in [-0.2, -0.15) is 0 Å². The molecular weight excluding hydrogens is 710 g/mol. The van der Waals surface area contributed by atoms with E-state index >= 15 is 0 Å². The molecule has 2 amide bonds. The number of thioether (sulfide) groups is 1. The summed E-state index contributed by atoms with van der Waals surface area (Å²) in [4.78, 5) is 31.1. The molecule has 0 spiro atoms. The van der Waals surface area contributed by atoms with Crippen molar-refractivity contribution in [3.63, 3.8) is 0 Å². The van der Waals surface area contributed by atoms with Crippen molar-refractivity contribution in [1.82, 2.24) is 10.2 Å². The van der Waals surface area contributed by atoms with Gasteiger partial charge in [0.1, 0.15) is 18.3 Å². The van der Waals surface area contributed by atoms with Crippen LogP contribution < -0.4 is 14.4 Å². The van der Waals surface area contributed by atoms with Gasteiger partial charge in [-0.25, -0.2) is 8.42 Å². The second-order valence-electron chi connectivity index (χ2n) is 11.3. The van der Waals surface area contributed by atoms with E-state index in [-0.39, 0.29) is 29.8 Å². The lowest BCUT2D eigenvalue weighted by Crippen LogP contribution is -2.54. The van der Waals surface area contributed by atoms with Crippen molar-refractivity contribution in [2.24, 2.45) is 0 Å². The van der Waals surface area contributed by atoms with Crippen molar-refractivity contribution < 1.29 is 22.7 Å². The number of carbonyl (C=O) groups excluding carboxylic acids is 2. The zero-order chi connectivity index (χ0) is 34.7. The molecular formula is C37H42BrN3O5S2. The van der Waals surface area contributed by atoms with Crippen LogP contribution >= 0.6 is 27.7 Å². The molecule has 1 N–H and O–H groups in total. The lowest BCUT2D eigenvalue weighted by atomic mass is 10.0. The summed E-state index contributed by atoms with van der Waals surface area (Å²) in [6.07, 6.45) is 2.87. The molecule has 4 rings (SSSR count). The van der Waals surface area contributed by atoms with Gasteiger partial charge in [-0.1, -0.05) is 65.3 Å². The van der Waals surface area contributed by atoms with Gasteiger partial charge in [-0.15, -0.1) is 11.8 Å².